The second kappa shape index (κ2) is 7.93. The Bertz CT molecular complexity index is 1070. The van der Waals surface area contributed by atoms with Crippen LogP contribution >= 0.6 is 0 Å². The topological polar surface area (TPSA) is 104 Å². The maximum absolute atomic E-state index is 12.5. The molecule has 1 atom stereocenters. The molecule has 3 N–H and O–H groups in total. The molecule has 7 heteroatoms. The number of nitrogens with one attached hydrogen (secondary N) is 1. The molecule has 0 saturated heterocycles. The highest BCUT2D eigenvalue weighted by Gasteiger charge is 2.32. The van der Waals surface area contributed by atoms with Crippen molar-refractivity contribution in [2.75, 3.05) is 0 Å². The molecular formula is C21H19NO5S. The predicted octanol–water partition coefficient (Wildman–Crippen LogP) is 2.68. The molecule has 6 nitrogen and oxygen atoms in total. The number of hydrogen-bond acceptors (Lipinski definition) is 5. The fraction of sp³-hybridized carbons (Fsp3) is 0.0952. The molecule has 3 rings (SSSR count). The fourth-order valence-electron chi connectivity index (χ4n) is 2.77. The minimum absolute atomic E-state index is 0.0554. The van der Waals surface area contributed by atoms with Crippen molar-refractivity contribution in [2.45, 2.75) is 17.0 Å². The third-order valence-electron chi connectivity index (χ3n) is 4.10. The van der Waals surface area contributed by atoms with E-state index in [0.29, 0.717) is 11.1 Å². The van der Waals surface area contributed by atoms with Gasteiger partial charge in [-0.05, 0) is 35.9 Å². The zero-order chi connectivity index (χ0) is 20.2. The van der Waals surface area contributed by atoms with Crippen LogP contribution in [0.25, 0.3) is 0 Å². The number of rotatable bonds is 6. The van der Waals surface area contributed by atoms with Crippen LogP contribution in [0.4, 0.5) is 0 Å². The van der Waals surface area contributed by atoms with E-state index in [0.717, 1.165) is 6.07 Å². The van der Waals surface area contributed by atoms with Gasteiger partial charge in [0.15, 0.2) is 11.5 Å². The quantitative estimate of drug-likeness (QED) is 0.395. The molecule has 1 aliphatic rings. The van der Waals surface area contributed by atoms with Crippen LogP contribution in [-0.2, 0) is 10.0 Å². The number of benzene rings is 2. The Hall–Kier alpha value is -3.00. The van der Waals surface area contributed by atoms with Crippen molar-refractivity contribution in [1.29, 1.82) is 0 Å². The molecule has 2 aromatic rings. The summed E-state index contributed by atoms with van der Waals surface area (Å²) >= 11 is 0. The zero-order valence-electron chi connectivity index (χ0n) is 14.8. The maximum Gasteiger partial charge on any atom is 0.243 e. The molecule has 0 aromatic heterocycles. The Morgan fingerprint density at radius 2 is 1.86 bits per heavy atom. The normalized spacial score (nSPS) is 19.5. The molecule has 0 saturated carbocycles. The molecule has 0 amide bonds. The first kappa shape index (κ1) is 19.8. The van der Waals surface area contributed by atoms with Gasteiger partial charge in [0.25, 0.3) is 0 Å². The van der Waals surface area contributed by atoms with Crippen LogP contribution in [0.1, 0.15) is 16.8 Å². The van der Waals surface area contributed by atoms with Gasteiger partial charge in [-0.25, -0.2) is 8.42 Å². The summed E-state index contributed by atoms with van der Waals surface area (Å²) < 4.78 is 27.3. The van der Waals surface area contributed by atoms with Crippen molar-refractivity contribution < 1.29 is 23.4 Å². The number of hydrogen-bond donors (Lipinski definition) is 3. The Labute approximate surface area is 163 Å². The lowest BCUT2D eigenvalue weighted by atomic mass is 9.97. The number of allylic oxidation sites excluding steroid dienone is 4. The summed E-state index contributed by atoms with van der Waals surface area (Å²) in [6.45, 7) is 0. The molecule has 0 bridgehead atoms. The van der Waals surface area contributed by atoms with Gasteiger partial charge in [-0.3, -0.25) is 4.79 Å². The van der Waals surface area contributed by atoms with E-state index in [1.54, 1.807) is 36.4 Å². The summed E-state index contributed by atoms with van der Waals surface area (Å²) in [5.74, 6) is -0.392. The van der Waals surface area contributed by atoms with E-state index in [1.807, 2.05) is 6.07 Å². The van der Waals surface area contributed by atoms with Crippen LogP contribution in [-0.4, -0.2) is 30.1 Å². The van der Waals surface area contributed by atoms with Crippen molar-refractivity contribution in [1.82, 2.24) is 4.72 Å². The zero-order valence-corrected chi connectivity index (χ0v) is 15.6. The van der Waals surface area contributed by atoms with Crippen LogP contribution in [0.2, 0.25) is 0 Å². The van der Waals surface area contributed by atoms with Crippen LogP contribution < -0.4 is 4.72 Å². The highest BCUT2D eigenvalue weighted by Crippen LogP contribution is 2.25. The highest BCUT2D eigenvalue weighted by molar-refractivity contribution is 7.89. The predicted molar refractivity (Wildman–Crippen MR) is 105 cm³/mol. The number of aromatic hydroxyl groups is 1. The minimum atomic E-state index is -4.07. The minimum Gasteiger partial charge on any atom is -0.508 e. The Kier molecular flexibility index (Phi) is 5.60. The van der Waals surface area contributed by atoms with Gasteiger partial charge >= 0.3 is 0 Å². The standard InChI is InChI=1S/C21H19NO5S/c23-18-9-4-10-19(14-18)28(26,27)22-21(25)13-5-6-16(15-21)11-12-20(24)17-7-2-1-3-8-17/h1-14,22-23,25H,15H2. The lowest BCUT2D eigenvalue weighted by Crippen LogP contribution is -2.47. The van der Waals surface area contributed by atoms with E-state index < -0.39 is 15.7 Å². The molecule has 28 heavy (non-hydrogen) atoms. The van der Waals surface area contributed by atoms with Crippen LogP contribution in [0.15, 0.2) is 95.4 Å². The van der Waals surface area contributed by atoms with E-state index in [2.05, 4.69) is 4.72 Å². The SMILES string of the molecule is O=C(C=CC1=CC=CC(O)(NS(=O)(=O)c2cccc(O)c2)C1)c1ccccc1. The first-order valence-corrected chi connectivity index (χ1v) is 9.97. The third-order valence-corrected chi connectivity index (χ3v) is 5.60. The van der Waals surface area contributed by atoms with E-state index >= 15 is 0 Å². The fourth-order valence-corrected chi connectivity index (χ4v) is 4.03. The summed E-state index contributed by atoms with van der Waals surface area (Å²) in [5.41, 5.74) is -0.743. The second-order valence-electron chi connectivity index (χ2n) is 6.37. The monoisotopic (exact) mass is 397 g/mol. The first-order valence-electron chi connectivity index (χ1n) is 8.49. The number of phenols is 1. The molecule has 1 unspecified atom stereocenters. The molecule has 0 aliphatic heterocycles. The van der Waals surface area contributed by atoms with Crippen LogP contribution in [0, 0.1) is 0 Å². The molecule has 2 aromatic carbocycles. The van der Waals surface area contributed by atoms with E-state index in [1.165, 1.54) is 36.4 Å². The molecule has 0 fully saturated rings. The van der Waals surface area contributed by atoms with Crippen molar-refractivity contribution in [3.63, 3.8) is 0 Å². The highest BCUT2D eigenvalue weighted by atomic mass is 32.2. The smallest absolute Gasteiger partial charge is 0.243 e. The molecule has 0 heterocycles. The summed E-state index contributed by atoms with van der Waals surface area (Å²) in [6.07, 6.45) is 7.40. The average molecular weight is 397 g/mol. The van der Waals surface area contributed by atoms with E-state index in [4.69, 9.17) is 0 Å². The summed E-state index contributed by atoms with van der Waals surface area (Å²) in [4.78, 5) is 12.0. The van der Waals surface area contributed by atoms with Crippen molar-refractivity contribution >= 4 is 15.8 Å². The second-order valence-corrected chi connectivity index (χ2v) is 8.05. The molecule has 1 aliphatic carbocycles. The van der Waals surface area contributed by atoms with E-state index in [-0.39, 0.29) is 22.8 Å². The van der Waals surface area contributed by atoms with Crippen molar-refractivity contribution in [3.8, 4) is 5.75 Å². The van der Waals surface area contributed by atoms with Gasteiger partial charge in [-0.2, -0.15) is 4.72 Å². The van der Waals surface area contributed by atoms with Gasteiger partial charge in [0.2, 0.25) is 10.0 Å². The van der Waals surface area contributed by atoms with Crippen molar-refractivity contribution in [2.24, 2.45) is 0 Å². The number of sulfonamides is 1. The summed E-state index contributed by atoms with van der Waals surface area (Å²) in [5, 5.41) is 20.2. The Morgan fingerprint density at radius 3 is 2.57 bits per heavy atom. The molecular weight excluding hydrogens is 378 g/mol. The Morgan fingerprint density at radius 1 is 1.11 bits per heavy atom. The van der Waals surface area contributed by atoms with Crippen LogP contribution in [0.3, 0.4) is 0 Å². The van der Waals surface area contributed by atoms with Gasteiger partial charge in [0.05, 0.1) is 4.90 Å². The number of phenolic OH excluding ortho intramolecular Hbond substituents is 1. The van der Waals surface area contributed by atoms with Gasteiger partial charge in [-0.15, -0.1) is 0 Å². The van der Waals surface area contributed by atoms with Gasteiger partial charge in [-0.1, -0.05) is 54.6 Å². The molecule has 0 radical (unpaired) electrons. The van der Waals surface area contributed by atoms with Gasteiger partial charge in [0.1, 0.15) is 5.75 Å². The van der Waals surface area contributed by atoms with E-state index in [9.17, 15) is 23.4 Å². The van der Waals surface area contributed by atoms with Crippen molar-refractivity contribution in [3.05, 3.63) is 96.1 Å². The number of carbonyl (C=O) groups excluding carboxylic acids is 1. The number of carbonyl (C=O) groups is 1. The van der Waals surface area contributed by atoms with Gasteiger partial charge in [0, 0.05) is 12.0 Å². The average Bonchev–Trinajstić information content (AvgIpc) is 2.66. The molecule has 144 valence electrons. The largest absolute Gasteiger partial charge is 0.508 e. The summed E-state index contributed by atoms with van der Waals surface area (Å²) in [7, 11) is -4.07. The first-order chi connectivity index (χ1) is 13.3. The Balaban J connectivity index is 1.73. The number of aliphatic hydroxyl groups is 1. The lowest BCUT2D eigenvalue weighted by Gasteiger charge is -2.28. The van der Waals surface area contributed by atoms with Crippen LogP contribution in [0.5, 0.6) is 5.75 Å². The maximum atomic E-state index is 12.5. The third kappa shape index (κ3) is 4.83. The van der Waals surface area contributed by atoms with Gasteiger partial charge < -0.3 is 10.2 Å². The number of ketones is 1. The lowest BCUT2D eigenvalue weighted by molar-refractivity contribution is 0.0792. The molecule has 0 spiro atoms. The summed E-state index contributed by atoms with van der Waals surface area (Å²) in [6, 6.07) is 13.9.